The minimum atomic E-state index is -5.08. The fraction of sp³-hybridized carbons (Fsp3) is 0.321. The lowest BCUT2D eigenvalue weighted by atomic mass is 10.0. The zero-order valence-corrected chi connectivity index (χ0v) is 25.1. The first kappa shape index (κ1) is 32.5. The lowest BCUT2D eigenvalue weighted by Crippen LogP contribution is -2.30. The van der Waals surface area contributed by atoms with Gasteiger partial charge in [-0.15, -0.1) is 0 Å². The SMILES string of the molecule is COc1cc(-n2ccn(-c3c4c(nn3-c3cc(C)c(F)c(C)c3)CCN[C@H]4C)c2=O)ccc1S(C)(=N)=O.O=C(O)C(F)(F)F. The number of imidazole rings is 1. The highest BCUT2D eigenvalue weighted by Crippen LogP contribution is 2.32. The highest BCUT2D eigenvalue weighted by molar-refractivity contribution is 7.91. The Bertz CT molecular complexity index is 1890. The van der Waals surface area contributed by atoms with Gasteiger partial charge in [-0.25, -0.2) is 27.6 Å². The van der Waals surface area contributed by atoms with Crippen molar-refractivity contribution in [3.63, 3.8) is 0 Å². The molecule has 1 aliphatic rings. The number of aliphatic carboxylic acids is 1. The molecule has 3 heterocycles. The van der Waals surface area contributed by atoms with Crippen LogP contribution in [0, 0.1) is 24.4 Å². The van der Waals surface area contributed by atoms with Gasteiger partial charge in [0.1, 0.15) is 17.4 Å². The number of nitrogens with one attached hydrogen (secondary N) is 2. The summed E-state index contributed by atoms with van der Waals surface area (Å²) in [6.45, 7) is 6.22. The zero-order valence-electron chi connectivity index (χ0n) is 24.3. The van der Waals surface area contributed by atoms with Crippen LogP contribution in [-0.2, 0) is 20.9 Å². The van der Waals surface area contributed by atoms with Crippen LogP contribution in [0.1, 0.15) is 35.3 Å². The molecule has 11 nitrogen and oxygen atoms in total. The summed E-state index contributed by atoms with van der Waals surface area (Å²) in [5.41, 5.74) is 3.65. The Labute approximate surface area is 249 Å². The van der Waals surface area contributed by atoms with Gasteiger partial charge >= 0.3 is 17.8 Å². The van der Waals surface area contributed by atoms with E-state index in [-0.39, 0.29) is 28.2 Å². The van der Waals surface area contributed by atoms with E-state index >= 15 is 0 Å². The number of benzene rings is 2. The summed E-state index contributed by atoms with van der Waals surface area (Å²) in [5.74, 6) is -2.15. The number of nitrogens with zero attached hydrogens (tertiary/aromatic N) is 4. The lowest BCUT2D eigenvalue weighted by molar-refractivity contribution is -0.192. The number of hydrogen-bond acceptors (Lipinski definition) is 7. The summed E-state index contributed by atoms with van der Waals surface area (Å²) in [5, 5.41) is 15.4. The molecular formula is C28H30F4N6O5S. The second-order valence-electron chi connectivity index (χ2n) is 10.2. The summed E-state index contributed by atoms with van der Waals surface area (Å²) in [4.78, 5) is 22.9. The van der Waals surface area contributed by atoms with Crippen LogP contribution in [0.5, 0.6) is 5.75 Å². The molecule has 2 aromatic carbocycles. The average molecular weight is 639 g/mol. The first-order valence-electron chi connectivity index (χ1n) is 13.1. The molecule has 2 atom stereocenters. The van der Waals surface area contributed by atoms with E-state index < -0.39 is 21.9 Å². The summed E-state index contributed by atoms with van der Waals surface area (Å²) in [6.07, 6.45) is 0.267. The van der Waals surface area contributed by atoms with Gasteiger partial charge in [0, 0.05) is 49.3 Å². The largest absolute Gasteiger partial charge is 0.495 e. The van der Waals surface area contributed by atoms with E-state index in [0.717, 1.165) is 17.8 Å². The number of fused-ring (bicyclic) bond motifs is 1. The molecule has 1 unspecified atom stereocenters. The van der Waals surface area contributed by atoms with Gasteiger partial charge in [0.2, 0.25) is 0 Å². The first-order valence-corrected chi connectivity index (χ1v) is 15.1. The molecule has 16 heteroatoms. The summed E-state index contributed by atoms with van der Waals surface area (Å²) < 4.78 is 76.5. The average Bonchev–Trinajstić information content (AvgIpc) is 3.51. The normalized spacial score (nSPS) is 16.0. The van der Waals surface area contributed by atoms with Crippen molar-refractivity contribution in [1.82, 2.24) is 24.2 Å². The number of aryl methyl sites for hydroxylation is 2. The van der Waals surface area contributed by atoms with Gasteiger partial charge in [-0.1, -0.05) is 0 Å². The van der Waals surface area contributed by atoms with Gasteiger partial charge < -0.3 is 15.2 Å². The third-order valence-electron chi connectivity index (χ3n) is 6.98. The molecule has 0 spiro atoms. The molecule has 0 saturated heterocycles. The number of methoxy groups -OCH3 is 1. The Morgan fingerprint density at radius 3 is 2.27 bits per heavy atom. The molecule has 0 bridgehead atoms. The number of carboxylic acids is 1. The van der Waals surface area contributed by atoms with Gasteiger partial charge in [-0.3, -0.25) is 9.13 Å². The molecule has 3 N–H and O–H groups in total. The molecule has 236 valence electrons. The van der Waals surface area contributed by atoms with Crippen LogP contribution in [0.25, 0.3) is 17.2 Å². The fourth-order valence-electron chi connectivity index (χ4n) is 4.92. The van der Waals surface area contributed by atoms with E-state index in [2.05, 4.69) is 5.32 Å². The standard InChI is InChI=1S/C26H29FN6O3S.C2HF3O2/c1-15-12-19(13-16(2)24(15)27)33-25(23-17(3)29-9-8-20(23)30-33)32-11-10-31(26(32)34)18-6-7-22(37(5,28)35)21(14-18)36-4;3-2(4,5)1(6)7/h6-7,10-14,17,28-29H,8-9H2,1-5H3;(H,6,7)/t17-,37?;/m0./s1. The molecule has 0 aliphatic carbocycles. The molecular weight excluding hydrogens is 608 g/mol. The van der Waals surface area contributed by atoms with E-state index in [9.17, 15) is 26.6 Å². The van der Waals surface area contributed by atoms with E-state index in [1.807, 2.05) is 6.92 Å². The molecule has 0 radical (unpaired) electrons. The first-order chi connectivity index (χ1) is 20.4. The predicted molar refractivity (Wildman–Crippen MR) is 153 cm³/mol. The van der Waals surface area contributed by atoms with Gasteiger partial charge in [-0.2, -0.15) is 18.3 Å². The van der Waals surface area contributed by atoms with Crippen molar-refractivity contribution >= 4 is 15.7 Å². The molecule has 0 saturated carbocycles. The molecule has 4 aromatic rings. The lowest BCUT2D eigenvalue weighted by Gasteiger charge is -2.21. The number of ether oxygens (including phenoxy) is 1. The van der Waals surface area contributed by atoms with E-state index in [4.69, 9.17) is 24.5 Å². The van der Waals surface area contributed by atoms with Crippen molar-refractivity contribution in [2.45, 2.75) is 44.3 Å². The van der Waals surface area contributed by atoms with Crippen molar-refractivity contribution < 1.29 is 36.4 Å². The molecule has 44 heavy (non-hydrogen) atoms. The van der Waals surface area contributed by atoms with E-state index in [1.165, 1.54) is 22.5 Å². The Morgan fingerprint density at radius 1 is 1.14 bits per heavy atom. The number of rotatable bonds is 5. The van der Waals surface area contributed by atoms with E-state index in [1.54, 1.807) is 61.3 Å². The van der Waals surface area contributed by atoms with Crippen LogP contribution in [0.15, 0.2) is 52.4 Å². The Morgan fingerprint density at radius 2 is 1.73 bits per heavy atom. The van der Waals surface area contributed by atoms with Crippen LogP contribution in [0.3, 0.4) is 0 Å². The molecule has 0 fully saturated rings. The molecule has 5 rings (SSSR count). The summed E-state index contributed by atoms with van der Waals surface area (Å²) in [6, 6.07) is 8.22. The van der Waals surface area contributed by atoms with Crippen LogP contribution < -0.4 is 15.7 Å². The number of aromatic nitrogens is 4. The molecule has 0 amide bonds. The second kappa shape index (κ2) is 11.9. The minimum Gasteiger partial charge on any atom is -0.495 e. The number of halogens is 4. The van der Waals surface area contributed by atoms with Gasteiger partial charge in [0.25, 0.3) is 0 Å². The summed E-state index contributed by atoms with van der Waals surface area (Å²) in [7, 11) is -1.57. The van der Waals surface area contributed by atoms with Crippen molar-refractivity contribution in [1.29, 1.82) is 4.78 Å². The van der Waals surface area contributed by atoms with Gasteiger partial charge in [0.15, 0.2) is 0 Å². The molecule has 2 aromatic heterocycles. The Kier molecular flexibility index (Phi) is 8.80. The van der Waals surface area contributed by atoms with Crippen molar-refractivity contribution in [3.05, 3.63) is 81.4 Å². The number of carboxylic acid groups (broad SMARTS) is 1. The highest BCUT2D eigenvalue weighted by atomic mass is 32.2. The monoisotopic (exact) mass is 638 g/mol. The maximum Gasteiger partial charge on any atom is 0.490 e. The third kappa shape index (κ3) is 6.26. The third-order valence-corrected chi connectivity index (χ3v) is 8.15. The summed E-state index contributed by atoms with van der Waals surface area (Å²) >= 11 is 0. The zero-order chi connectivity index (χ0) is 32.7. The number of carbonyl (C=O) groups is 1. The van der Waals surface area contributed by atoms with Crippen LogP contribution >= 0.6 is 0 Å². The van der Waals surface area contributed by atoms with Crippen molar-refractivity contribution in [2.24, 2.45) is 0 Å². The number of alkyl halides is 3. The van der Waals surface area contributed by atoms with Crippen LogP contribution in [-0.4, -0.2) is 60.3 Å². The smallest absolute Gasteiger partial charge is 0.490 e. The highest BCUT2D eigenvalue weighted by Gasteiger charge is 2.38. The predicted octanol–water partition coefficient (Wildman–Crippen LogP) is 4.45. The van der Waals surface area contributed by atoms with E-state index in [0.29, 0.717) is 34.7 Å². The Hall–Kier alpha value is -4.44. The fourth-order valence-corrected chi connectivity index (χ4v) is 5.78. The number of hydrogen-bond donors (Lipinski definition) is 3. The van der Waals surface area contributed by atoms with Gasteiger partial charge in [0.05, 0.1) is 38.8 Å². The van der Waals surface area contributed by atoms with Crippen molar-refractivity contribution in [2.75, 3.05) is 19.9 Å². The van der Waals surface area contributed by atoms with Crippen molar-refractivity contribution in [3.8, 4) is 22.9 Å². The second-order valence-corrected chi connectivity index (χ2v) is 12.3. The quantitative estimate of drug-likeness (QED) is 0.274. The topological polar surface area (TPSA) is 144 Å². The van der Waals surface area contributed by atoms with Gasteiger partial charge in [-0.05, 0) is 56.2 Å². The van der Waals surface area contributed by atoms with Crippen LogP contribution in [0.2, 0.25) is 0 Å². The minimum absolute atomic E-state index is 0.0421. The van der Waals surface area contributed by atoms with Crippen LogP contribution in [0.4, 0.5) is 17.6 Å². The Balaban J connectivity index is 0.000000566. The maximum absolute atomic E-state index is 14.4. The molecule has 1 aliphatic heterocycles. The maximum atomic E-state index is 14.4.